The molecule has 2 heteroatoms. The van der Waals surface area contributed by atoms with Crippen LogP contribution in [0, 0.1) is 0 Å². The Balaban J connectivity index is 2.40. The molecule has 0 saturated heterocycles. The maximum Gasteiger partial charge on any atom is 0.123 e. The highest BCUT2D eigenvalue weighted by atomic mass is 16.5. The van der Waals surface area contributed by atoms with E-state index in [1.165, 1.54) is 5.56 Å². The van der Waals surface area contributed by atoms with Gasteiger partial charge in [0, 0.05) is 17.5 Å². The first-order chi connectivity index (χ1) is 10.3. The number of hydrogen-bond donors (Lipinski definition) is 1. The SMILES string of the molecule is CCC/C=C/[C@@H](c1ccccc1)c1ccc(OC)cc1O. The Labute approximate surface area is 126 Å². The third-order valence-electron chi connectivity index (χ3n) is 3.52. The Morgan fingerprint density at radius 2 is 1.90 bits per heavy atom. The van der Waals surface area contributed by atoms with Gasteiger partial charge in [-0.05, 0) is 18.1 Å². The summed E-state index contributed by atoms with van der Waals surface area (Å²) in [5.41, 5.74) is 2.07. The van der Waals surface area contributed by atoms with Crippen LogP contribution in [0.1, 0.15) is 36.8 Å². The molecule has 0 aliphatic rings. The summed E-state index contributed by atoms with van der Waals surface area (Å²) in [6.07, 6.45) is 6.51. The molecule has 0 fully saturated rings. The Morgan fingerprint density at radius 3 is 2.52 bits per heavy atom. The zero-order valence-corrected chi connectivity index (χ0v) is 12.6. The summed E-state index contributed by atoms with van der Waals surface area (Å²) in [6, 6.07) is 15.7. The fourth-order valence-electron chi connectivity index (χ4n) is 2.37. The summed E-state index contributed by atoms with van der Waals surface area (Å²) >= 11 is 0. The lowest BCUT2D eigenvalue weighted by molar-refractivity contribution is 0.406. The van der Waals surface area contributed by atoms with Gasteiger partial charge in [-0.3, -0.25) is 0 Å². The average Bonchev–Trinajstić information content (AvgIpc) is 2.53. The molecule has 0 aliphatic heterocycles. The van der Waals surface area contributed by atoms with Crippen LogP contribution in [0.3, 0.4) is 0 Å². The van der Waals surface area contributed by atoms with Gasteiger partial charge in [-0.25, -0.2) is 0 Å². The zero-order valence-electron chi connectivity index (χ0n) is 12.6. The van der Waals surface area contributed by atoms with Crippen molar-refractivity contribution < 1.29 is 9.84 Å². The number of aromatic hydroxyl groups is 1. The molecule has 0 aromatic heterocycles. The van der Waals surface area contributed by atoms with Crippen molar-refractivity contribution in [3.8, 4) is 11.5 Å². The molecule has 2 aromatic rings. The van der Waals surface area contributed by atoms with Gasteiger partial charge in [0.05, 0.1) is 7.11 Å². The number of phenols is 1. The second-order valence-electron chi connectivity index (χ2n) is 5.03. The summed E-state index contributed by atoms with van der Waals surface area (Å²) in [6.45, 7) is 2.16. The summed E-state index contributed by atoms with van der Waals surface area (Å²) in [5.74, 6) is 0.994. The molecular formula is C19H22O2. The van der Waals surface area contributed by atoms with Gasteiger partial charge in [-0.1, -0.05) is 61.9 Å². The lowest BCUT2D eigenvalue weighted by atomic mass is 9.90. The van der Waals surface area contributed by atoms with Crippen LogP contribution in [0.15, 0.2) is 60.7 Å². The Morgan fingerprint density at radius 1 is 1.14 bits per heavy atom. The van der Waals surface area contributed by atoms with Crippen molar-refractivity contribution >= 4 is 0 Å². The van der Waals surface area contributed by atoms with E-state index in [4.69, 9.17) is 4.74 Å². The Kier molecular flexibility index (Phi) is 5.44. The van der Waals surface area contributed by atoms with Crippen molar-refractivity contribution in [2.24, 2.45) is 0 Å². The molecule has 0 spiro atoms. The first-order valence-corrected chi connectivity index (χ1v) is 7.34. The maximum absolute atomic E-state index is 10.3. The fourth-order valence-corrected chi connectivity index (χ4v) is 2.37. The smallest absolute Gasteiger partial charge is 0.123 e. The highest BCUT2D eigenvalue weighted by Gasteiger charge is 2.15. The van der Waals surface area contributed by atoms with Crippen molar-refractivity contribution in [1.82, 2.24) is 0 Å². The van der Waals surface area contributed by atoms with E-state index in [0.29, 0.717) is 5.75 Å². The maximum atomic E-state index is 10.3. The van der Waals surface area contributed by atoms with Crippen LogP contribution in [0.4, 0.5) is 0 Å². The molecular weight excluding hydrogens is 260 g/mol. The number of benzene rings is 2. The molecule has 1 N–H and O–H groups in total. The highest BCUT2D eigenvalue weighted by Crippen LogP contribution is 2.34. The standard InChI is InChI=1S/C19H22O2/c1-3-4-6-11-17(15-9-7-5-8-10-15)18-13-12-16(21-2)14-19(18)20/h5-14,17,20H,3-4H2,1-2H3/b11-6+/t17-/m0/s1. The third-order valence-corrected chi connectivity index (χ3v) is 3.52. The van der Waals surface area contributed by atoms with E-state index in [1.54, 1.807) is 13.2 Å². The average molecular weight is 282 g/mol. The molecule has 1 atom stereocenters. The van der Waals surface area contributed by atoms with Crippen LogP contribution in [0.25, 0.3) is 0 Å². The van der Waals surface area contributed by atoms with Gasteiger partial charge >= 0.3 is 0 Å². The second-order valence-corrected chi connectivity index (χ2v) is 5.03. The highest BCUT2D eigenvalue weighted by molar-refractivity contribution is 5.47. The molecule has 2 aromatic carbocycles. The van der Waals surface area contributed by atoms with Gasteiger partial charge in [-0.15, -0.1) is 0 Å². The number of hydrogen-bond acceptors (Lipinski definition) is 2. The van der Waals surface area contributed by atoms with E-state index in [0.717, 1.165) is 18.4 Å². The molecule has 0 heterocycles. The monoisotopic (exact) mass is 282 g/mol. The van der Waals surface area contributed by atoms with Crippen LogP contribution >= 0.6 is 0 Å². The van der Waals surface area contributed by atoms with Crippen LogP contribution in [0.5, 0.6) is 11.5 Å². The van der Waals surface area contributed by atoms with Crippen molar-refractivity contribution in [2.45, 2.75) is 25.7 Å². The number of rotatable bonds is 6. The third kappa shape index (κ3) is 3.88. The van der Waals surface area contributed by atoms with E-state index >= 15 is 0 Å². The van der Waals surface area contributed by atoms with Crippen LogP contribution in [0.2, 0.25) is 0 Å². The van der Waals surface area contributed by atoms with Gasteiger partial charge in [0.1, 0.15) is 11.5 Å². The molecule has 0 bridgehead atoms. The minimum absolute atomic E-state index is 0.0589. The van der Waals surface area contributed by atoms with E-state index in [9.17, 15) is 5.11 Å². The number of phenolic OH excluding ortho intramolecular Hbond substituents is 1. The molecule has 0 amide bonds. The molecule has 0 saturated carbocycles. The van der Waals surface area contributed by atoms with E-state index in [2.05, 4.69) is 31.2 Å². The zero-order chi connectivity index (χ0) is 15.1. The second kappa shape index (κ2) is 7.53. The summed E-state index contributed by atoms with van der Waals surface area (Å²) < 4.78 is 5.16. The normalized spacial score (nSPS) is 12.5. The van der Waals surface area contributed by atoms with Crippen LogP contribution in [-0.2, 0) is 0 Å². The number of unbranched alkanes of at least 4 members (excludes halogenated alkanes) is 1. The largest absolute Gasteiger partial charge is 0.507 e. The first-order valence-electron chi connectivity index (χ1n) is 7.34. The summed E-state index contributed by atoms with van der Waals surface area (Å²) in [5, 5.41) is 10.3. The number of allylic oxidation sites excluding steroid dienone is 2. The quantitative estimate of drug-likeness (QED) is 0.764. The number of methoxy groups -OCH3 is 1. The topological polar surface area (TPSA) is 29.5 Å². The Bertz CT molecular complexity index is 588. The van der Waals surface area contributed by atoms with E-state index < -0.39 is 0 Å². The van der Waals surface area contributed by atoms with Gasteiger partial charge in [-0.2, -0.15) is 0 Å². The molecule has 0 aliphatic carbocycles. The van der Waals surface area contributed by atoms with Crippen molar-refractivity contribution in [1.29, 1.82) is 0 Å². The van der Waals surface area contributed by atoms with Gasteiger partial charge in [0.25, 0.3) is 0 Å². The van der Waals surface area contributed by atoms with Gasteiger partial charge < -0.3 is 9.84 Å². The minimum atomic E-state index is 0.0589. The first kappa shape index (κ1) is 15.2. The predicted molar refractivity (Wildman–Crippen MR) is 87.0 cm³/mol. The van der Waals surface area contributed by atoms with Gasteiger partial charge in [0.2, 0.25) is 0 Å². The molecule has 110 valence electrons. The fraction of sp³-hybridized carbons (Fsp3) is 0.263. The van der Waals surface area contributed by atoms with E-state index in [1.807, 2.05) is 30.3 Å². The molecule has 21 heavy (non-hydrogen) atoms. The molecule has 0 unspecified atom stereocenters. The molecule has 0 radical (unpaired) electrons. The van der Waals surface area contributed by atoms with Crippen LogP contribution in [-0.4, -0.2) is 12.2 Å². The van der Waals surface area contributed by atoms with E-state index in [-0.39, 0.29) is 11.7 Å². The van der Waals surface area contributed by atoms with Crippen molar-refractivity contribution in [2.75, 3.05) is 7.11 Å². The molecule has 2 rings (SSSR count). The lowest BCUT2D eigenvalue weighted by Gasteiger charge is -2.16. The van der Waals surface area contributed by atoms with Crippen LogP contribution < -0.4 is 4.74 Å². The summed E-state index contributed by atoms with van der Waals surface area (Å²) in [7, 11) is 1.60. The van der Waals surface area contributed by atoms with Crippen molar-refractivity contribution in [3.63, 3.8) is 0 Å². The lowest BCUT2D eigenvalue weighted by Crippen LogP contribution is -1.98. The predicted octanol–water partition coefficient (Wildman–Crippen LogP) is 4.89. The number of ether oxygens (including phenoxy) is 1. The van der Waals surface area contributed by atoms with Crippen molar-refractivity contribution in [3.05, 3.63) is 71.8 Å². The minimum Gasteiger partial charge on any atom is -0.507 e. The summed E-state index contributed by atoms with van der Waals surface area (Å²) in [4.78, 5) is 0. The van der Waals surface area contributed by atoms with Gasteiger partial charge in [0.15, 0.2) is 0 Å². The molecule has 2 nitrogen and oxygen atoms in total. The Hall–Kier alpha value is -2.22.